The number of benzene rings is 2. The van der Waals surface area contributed by atoms with Gasteiger partial charge in [-0.15, -0.1) is 0 Å². The van der Waals surface area contributed by atoms with Crippen LogP contribution < -0.4 is 10.6 Å². The van der Waals surface area contributed by atoms with E-state index in [9.17, 15) is 4.79 Å². The maximum Gasteiger partial charge on any atom is 0.255 e. The van der Waals surface area contributed by atoms with Crippen molar-refractivity contribution in [3.63, 3.8) is 0 Å². The number of hydrogen-bond acceptors (Lipinski definition) is 2. The molecule has 0 unspecified atom stereocenters. The topological polar surface area (TPSA) is 41.1 Å². The van der Waals surface area contributed by atoms with Crippen molar-refractivity contribution in [2.45, 2.75) is 19.8 Å². The largest absolute Gasteiger partial charge is 0.385 e. The number of nitrogens with one attached hydrogen (secondary N) is 2. The quantitative estimate of drug-likeness (QED) is 0.872. The Labute approximate surface area is 119 Å². The van der Waals surface area contributed by atoms with Gasteiger partial charge in [-0.1, -0.05) is 24.3 Å². The molecule has 1 aliphatic heterocycles. The van der Waals surface area contributed by atoms with Gasteiger partial charge < -0.3 is 10.6 Å². The summed E-state index contributed by atoms with van der Waals surface area (Å²) >= 11 is 0. The van der Waals surface area contributed by atoms with Gasteiger partial charge in [0.15, 0.2) is 0 Å². The predicted octanol–water partition coefficient (Wildman–Crippen LogP) is 3.61. The van der Waals surface area contributed by atoms with E-state index < -0.39 is 0 Å². The molecule has 0 aromatic heterocycles. The van der Waals surface area contributed by atoms with Gasteiger partial charge in [0.1, 0.15) is 0 Å². The summed E-state index contributed by atoms with van der Waals surface area (Å²) < 4.78 is 0. The van der Waals surface area contributed by atoms with Crippen molar-refractivity contribution in [1.82, 2.24) is 0 Å². The number of carbonyl (C=O) groups is 1. The summed E-state index contributed by atoms with van der Waals surface area (Å²) in [5, 5.41) is 6.35. The molecular formula is C17H18N2O. The molecule has 2 N–H and O–H groups in total. The van der Waals surface area contributed by atoms with Crippen LogP contribution in [0.1, 0.15) is 27.9 Å². The number of anilines is 2. The number of rotatable bonds is 2. The van der Waals surface area contributed by atoms with Crippen LogP contribution in [0.4, 0.5) is 11.4 Å². The second-order valence-corrected chi connectivity index (χ2v) is 5.17. The van der Waals surface area contributed by atoms with E-state index in [1.807, 2.05) is 43.3 Å². The van der Waals surface area contributed by atoms with Gasteiger partial charge in [-0.05, 0) is 49.1 Å². The Bertz CT molecular complexity index is 649. The normalized spacial score (nSPS) is 13.2. The molecule has 1 heterocycles. The van der Waals surface area contributed by atoms with Crippen LogP contribution in [0.3, 0.4) is 0 Å². The lowest BCUT2D eigenvalue weighted by molar-refractivity contribution is 0.102. The molecule has 102 valence electrons. The highest BCUT2D eigenvalue weighted by molar-refractivity contribution is 6.05. The van der Waals surface area contributed by atoms with E-state index in [0.717, 1.165) is 35.5 Å². The van der Waals surface area contributed by atoms with E-state index in [0.29, 0.717) is 0 Å². The van der Waals surface area contributed by atoms with Gasteiger partial charge in [-0.3, -0.25) is 4.79 Å². The molecule has 20 heavy (non-hydrogen) atoms. The van der Waals surface area contributed by atoms with Crippen LogP contribution in [0, 0.1) is 6.92 Å². The fourth-order valence-corrected chi connectivity index (χ4v) is 2.56. The van der Waals surface area contributed by atoms with E-state index in [1.165, 1.54) is 12.0 Å². The van der Waals surface area contributed by atoms with Gasteiger partial charge in [0.25, 0.3) is 5.91 Å². The summed E-state index contributed by atoms with van der Waals surface area (Å²) in [6, 6.07) is 13.7. The Kier molecular flexibility index (Phi) is 3.42. The van der Waals surface area contributed by atoms with E-state index >= 15 is 0 Å². The van der Waals surface area contributed by atoms with Crippen LogP contribution in [0.2, 0.25) is 0 Å². The summed E-state index contributed by atoms with van der Waals surface area (Å²) in [4.78, 5) is 12.3. The van der Waals surface area contributed by atoms with Crippen LogP contribution >= 0.6 is 0 Å². The molecule has 1 amide bonds. The zero-order chi connectivity index (χ0) is 13.9. The van der Waals surface area contributed by atoms with Crippen molar-refractivity contribution < 1.29 is 4.79 Å². The lowest BCUT2D eigenvalue weighted by Crippen LogP contribution is -2.15. The zero-order valence-corrected chi connectivity index (χ0v) is 11.6. The Morgan fingerprint density at radius 3 is 2.90 bits per heavy atom. The van der Waals surface area contributed by atoms with Crippen molar-refractivity contribution in [1.29, 1.82) is 0 Å². The van der Waals surface area contributed by atoms with Crippen LogP contribution in [0.25, 0.3) is 0 Å². The van der Waals surface area contributed by atoms with E-state index in [1.54, 1.807) is 0 Å². The molecule has 0 bridgehead atoms. The van der Waals surface area contributed by atoms with Crippen LogP contribution in [-0.2, 0) is 6.42 Å². The number of amides is 1. The molecule has 0 aliphatic carbocycles. The van der Waals surface area contributed by atoms with Gasteiger partial charge in [0.2, 0.25) is 0 Å². The smallest absolute Gasteiger partial charge is 0.255 e. The molecule has 3 rings (SSSR count). The lowest BCUT2D eigenvalue weighted by atomic mass is 10.0. The van der Waals surface area contributed by atoms with E-state index in [2.05, 4.69) is 16.7 Å². The number of fused-ring (bicyclic) bond motifs is 1. The summed E-state index contributed by atoms with van der Waals surface area (Å²) in [6.45, 7) is 2.95. The lowest BCUT2D eigenvalue weighted by Gasteiger charge is -2.19. The highest BCUT2D eigenvalue weighted by Crippen LogP contribution is 2.25. The standard InChI is InChI=1S/C17H18N2O/c1-12-5-2-3-7-15(12)17(20)19-14-9-8-13-6-4-10-18-16(13)11-14/h2-3,5,7-9,11,18H,4,6,10H2,1H3,(H,19,20). The first kappa shape index (κ1) is 12.7. The molecule has 0 saturated carbocycles. The second-order valence-electron chi connectivity index (χ2n) is 5.17. The van der Waals surface area contributed by atoms with Crippen molar-refractivity contribution in [3.05, 3.63) is 59.2 Å². The first-order valence-corrected chi connectivity index (χ1v) is 6.98. The molecule has 0 radical (unpaired) electrons. The Morgan fingerprint density at radius 2 is 2.05 bits per heavy atom. The summed E-state index contributed by atoms with van der Waals surface area (Å²) in [5.41, 5.74) is 5.01. The first-order chi connectivity index (χ1) is 9.74. The predicted molar refractivity (Wildman–Crippen MR) is 82.4 cm³/mol. The van der Waals surface area contributed by atoms with Crippen LogP contribution in [0.5, 0.6) is 0 Å². The SMILES string of the molecule is Cc1ccccc1C(=O)Nc1ccc2c(c1)NCCC2. The Morgan fingerprint density at radius 1 is 1.20 bits per heavy atom. The van der Waals surface area contributed by atoms with Crippen LogP contribution in [0.15, 0.2) is 42.5 Å². The van der Waals surface area contributed by atoms with Gasteiger partial charge in [0.05, 0.1) is 0 Å². The third-order valence-electron chi connectivity index (χ3n) is 3.70. The minimum Gasteiger partial charge on any atom is -0.385 e. The number of aryl methyl sites for hydroxylation is 2. The third-order valence-corrected chi connectivity index (χ3v) is 3.70. The summed E-state index contributed by atoms with van der Waals surface area (Å²) in [5.74, 6) is -0.0566. The van der Waals surface area contributed by atoms with E-state index in [4.69, 9.17) is 0 Å². The fraction of sp³-hybridized carbons (Fsp3) is 0.235. The van der Waals surface area contributed by atoms with Gasteiger partial charge in [-0.2, -0.15) is 0 Å². The number of hydrogen-bond donors (Lipinski definition) is 2. The van der Waals surface area contributed by atoms with Crippen LogP contribution in [-0.4, -0.2) is 12.5 Å². The summed E-state index contributed by atoms with van der Waals surface area (Å²) in [6.07, 6.45) is 2.27. The third kappa shape index (κ3) is 2.52. The molecule has 1 aliphatic rings. The zero-order valence-electron chi connectivity index (χ0n) is 11.6. The first-order valence-electron chi connectivity index (χ1n) is 6.98. The van der Waals surface area contributed by atoms with Crippen molar-refractivity contribution >= 4 is 17.3 Å². The Hall–Kier alpha value is -2.29. The number of carbonyl (C=O) groups excluding carboxylic acids is 1. The average Bonchev–Trinajstić information content (AvgIpc) is 2.47. The van der Waals surface area contributed by atoms with Crippen molar-refractivity contribution in [2.24, 2.45) is 0 Å². The second kappa shape index (κ2) is 5.37. The van der Waals surface area contributed by atoms with Crippen molar-refractivity contribution in [3.8, 4) is 0 Å². The molecular weight excluding hydrogens is 248 g/mol. The highest BCUT2D eigenvalue weighted by atomic mass is 16.1. The van der Waals surface area contributed by atoms with Crippen molar-refractivity contribution in [2.75, 3.05) is 17.2 Å². The van der Waals surface area contributed by atoms with Gasteiger partial charge in [0, 0.05) is 23.5 Å². The van der Waals surface area contributed by atoms with Gasteiger partial charge >= 0.3 is 0 Å². The Balaban J connectivity index is 1.81. The maximum atomic E-state index is 12.3. The molecule has 3 heteroatoms. The minimum atomic E-state index is -0.0566. The molecule has 2 aromatic carbocycles. The molecule has 2 aromatic rings. The van der Waals surface area contributed by atoms with Gasteiger partial charge in [-0.25, -0.2) is 0 Å². The molecule has 0 atom stereocenters. The maximum absolute atomic E-state index is 12.3. The minimum absolute atomic E-state index is 0.0566. The molecule has 3 nitrogen and oxygen atoms in total. The fourth-order valence-electron chi connectivity index (χ4n) is 2.56. The monoisotopic (exact) mass is 266 g/mol. The molecule has 0 spiro atoms. The average molecular weight is 266 g/mol. The highest BCUT2D eigenvalue weighted by Gasteiger charge is 2.12. The summed E-state index contributed by atoms with van der Waals surface area (Å²) in [7, 11) is 0. The molecule has 0 fully saturated rings. The molecule has 0 saturated heterocycles. The van der Waals surface area contributed by atoms with E-state index in [-0.39, 0.29) is 5.91 Å².